The van der Waals surface area contributed by atoms with Gasteiger partial charge in [0.1, 0.15) is 0 Å². The molecule has 0 spiro atoms. The van der Waals surface area contributed by atoms with Crippen molar-refractivity contribution in [3.63, 3.8) is 0 Å². The van der Waals surface area contributed by atoms with E-state index in [1.54, 1.807) is 0 Å². The molecule has 1 rings (SSSR count). The monoisotopic (exact) mass is 269 g/mol. The van der Waals surface area contributed by atoms with Gasteiger partial charge in [-0.05, 0) is 0 Å². The molecular weight excluding hydrogens is 245 g/mol. The van der Waals surface area contributed by atoms with Crippen molar-refractivity contribution >= 4 is 0 Å². The van der Waals surface area contributed by atoms with Crippen LogP contribution in [0.5, 0.6) is 0 Å². The van der Waals surface area contributed by atoms with E-state index in [1.165, 1.54) is 12.0 Å². The molecule has 1 aromatic carbocycles. The topological polar surface area (TPSA) is 0 Å². The summed E-state index contributed by atoms with van der Waals surface area (Å²) in [6.45, 7) is 6.39. The van der Waals surface area contributed by atoms with Crippen LogP contribution in [0.3, 0.4) is 0 Å². The summed E-state index contributed by atoms with van der Waals surface area (Å²) < 4.78 is 0. The average molecular weight is 269 g/mol. The number of benzene rings is 1. The Hall–Kier alpha value is 0.324. The van der Waals surface area contributed by atoms with E-state index in [0.717, 1.165) is 6.42 Å². The van der Waals surface area contributed by atoms with E-state index >= 15 is 0 Å². The molecule has 81 valence electrons. The van der Waals surface area contributed by atoms with Crippen molar-refractivity contribution in [2.45, 2.75) is 41.0 Å². The average Bonchev–Trinajstić information content (AvgIpc) is 2.08. The fourth-order valence-electron chi connectivity index (χ4n) is 0.650. The number of hydrogen-bond acceptors (Lipinski definition) is 0. The molecule has 0 saturated heterocycles. The molecule has 1 radical (unpaired) electrons. The molecule has 0 N–H and O–H groups in total. The van der Waals surface area contributed by atoms with Crippen LogP contribution in [0, 0.1) is 13.5 Å². The summed E-state index contributed by atoms with van der Waals surface area (Å²) in [4.78, 5) is 0. The quantitative estimate of drug-likeness (QED) is 0.656. The van der Waals surface area contributed by atoms with E-state index in [4.69, 9.17) is 0 Å². The Labute approximate surface area is 116 Å². The zero-order valence-corrected chi connectivity index (χ0v) is 12.1. The normalized spacial score (nSPS) is 6.50. The Kier molecular flexibility index (Phi) is 32.4. The van der Waals surface area contributed by atoms with E-state index < -0.39 is 0 Å². The van der Waals surface area contributed by atoms with E-state index in [0.29, 0.717) is 0 Å². The van der Waals surface area contributed by atoms with Crippen LogP contribution in [0.4, 0.5) is 0 Å². The summed E-state index contributed by atoms with van der Waals surface area (Å²) in [6, 6.07) is 11.1. The Balaban J connectivity index is -0.0000000758. The molecule has 0 nitrogen and oxygen atoms in total. The van der Waals surface area contributed by atoms with Gasteiger partial charge in [0.05, 0.1) is 0 Å². The Morgan fingerprint density at radius 2 is 1.71 bits per heavy atom. The third-order valence-electron chi connectivity index (χ3n) is 1.18. The molecule has 0 aliphatic carbocycles. The zero-order valence-electron chi connectivity index (χ0n) is 9.30. The van der Waals surface area contributed by atoms with E-state index in [9.17, 15) is 0 Å². The van der Waals surface area contributed by atoms with Crippen LogP contribution in [0.15, 0.2) is 24.3 Å². The van der Waals surface area contributed by atoms with Crippen LogP contribution >= 0.6 is 0 Å². The molecule has 0 aromatic heterocycles. The first-order valence-electron chi connectivity index (χ1n) is 4.30. The second-order valence-corrected chi connectivity index (χ2v) is 2.47. The molecule has 0 heterocycles. The first-order valence-corrected chi connectivity index (χ1v) is 4.30. The van der Waals surface area contributed by atoms with Crippen molar-refractivity contribution in [1.29, 1.82) is 0 Å². The molecule has 0 aliphatic rings. The first kappa shape index (κ1) is 23.9. The van der Waals surface area contributed by atoms with Gasteiger partial charge in [0.2, 0.25) is 0 Å². The van der Waals surface area contributed by atoms with E-state index in [-0.39, 0.29) is 47.6 Å². The zero-order chi connectivity index (χ0) is 8.53. The summed E-state index contributed by atoms with van der Waals surface area (Å²) in [5, 5.41) is 0. The molecular formula is C13H24Y-2. The van der Waals surface area contributed by atoms with Gasteiger partial charge in [-0.15, -0.1) is 0 Å². The molecule has 0 aliphatic heterocycles. The Morgan fingerprint density at radius 3 is 1.93 bits per heavy atom. The molecule has 0 bridgehead atoms. The number of rotatable bonds is 1. The molecule has 1 aromatic rings. The Bertz CT molecular complexity index is 158. The summed E-state index contributed by atoms with van der Waals surface area (Å²) in [7, 11) is 0. The second kappa shape index (κ2) is 19.0. The third kappa shape index (κ3) is 14.8. The minimum atomic E-state index is 0. The van der Waals surface area contributed by atoms with Crippen molar-refractivity contribution in [3.05, 3.63) is 43.3 Å². The van der Waals surface area contributed by atoms with Crippen molar-refractivity contribution < 1.29 is 32.7 Å². The van der Waals surface area contributed by atoms with Gasteiger partial charge in [0, 0.05) is 32.7 Å². The van der Waals surface area contributed by atoms with Crippen molar-refractivity contribution in [1.82, 2.24) is 0 Å². The van der Waals surface area contributed by atoms with Gasteiger partial charge in [-0.25, -0.2) is 0 Å². The molecule has 0 fully saturated rings. The van der Waals surface area contributed by atoms with Gasteiger partial charge in [-0.3, -0.25) is 0 Å². The van der Waals surface area contributed by atoms with Crippen molar-refractivity contribution in [2.24, 2.45) is 0 Å². The fraction of sp³-hybridized carbons (Fsp3) is 0.462. The molecule has 0 atom stereocenters. The predicted octanol–water partition coefficient (Wildman–Crippen LogP) is 4.55. The van der Waals surface area contributed by atoms with E-state index in [1.807, 2.05) is 18.2 Å². The molecule has 0 amide bonds. The van der Waals surface area contributed by atoms with Crippen molar-refractivity contribution in [2.75, 3.05) is 0 Å². The van der Waals surface area contributed by atoms with Crippen LogP contribution in [-0.2, 0) is 39.1 Å². The SMILES string of the molecule is C.CCC.CCc1c[c-]ccc1.[CH3-].[Y]. The van der Waals surface area contributed by atoms with Gasteiger partial charge in [-0.1, -0.05) is 41.0 Å². The van der Waals surface area contributed by atoms with Gasteiger partial charge in [0.15, 0.2) is 0 Å². The minimum absolute atomic E-state index is 0. The maximum atomic E-state index is 3.01. The van der Waals surface area contributed by atoms with Crippen LogP contribution in [-0.4, -0.2) is 0 Å². The molecule has 0 unspecified atom stereocenters. The summed E-state index contributed by atoms with van der Waals surface area (Å²) in [6.07, 6.45) is 2.36. The van der Waals surface area contributed by atoms with Crippen LogP contribution in [0.1, 0.15) is 40.2 Å². The summed E-state index contributed by atoms with van der Waals surface area (Å²) in [5.74, 6) is 0. The molecule has 14 heavy (non-hydrogen) atoms. The van der Waals surface area contributed by atoms with Gasteiger partial charge in [0.25, 0.3) is 0 Å². The van der Waals surface area contributed by atoms with Gasteiger partial charge < -0.3 is 7.43 Å². The Morgan fingerprint density at radius 1 is 1.21 bits per heavy atom. The smallest absolute Gasteiger partial charge is 0 e. The minimum Gasteiger partial charge on any atom is -0.358 e. The number of aryl methyl sites for hydroxylation is 1. The van der Waals surface area contributed by atoms with E-state index in [2.05, 4.69) is 32.9 Å². The van der Waals surface area contributed by atoms with Crippen LogP contribution in [0.25, 0.3) is 0 Å². The van der Waals surface area contributed by atoms with Gasteiger partial charge in [-0.2, -0.15) is 35.9 Å². The predicted molar refractivity (Wildman–Crippen MR) is 63.8 cm³/mol. The van der Waals surface area contributed by atoms with Crippen LogP contribution < -0.4 is 0 Å². The fourth-order valence-corrected chi connectivity index (χ4v) is 0.650. The largest absolute Gasteiger partial charge is 0.358 e. The maximum absolute atomic E-state index is 3.01. The maximum Gasteiger partial charge on any atom is 0 e. The molecule has 1 heteroatoms. The number of hydrogen-bond donors (Lipinski definition) is 0. The van der Waals surface area contributed by atoms with Crippen molar-refractivity contribution in [3.8, 4) is 0 Å². The van der Waals surface area contributed by atoms with Crippen LogP contribution in [0.2, 0.25) is 0 Å². The molecule has 0 saturated carbocycles. The first-order chi connectivity index (χ1) is 5.35. The summed E-state index contributed by atoms with van der Waals surface area (Å²) >= 11 is 0. The van der Waals surface area contributed by atoms with Gasteiger partial charge >= 0.3 is 0 Å². The standard InChI is InChI=1S/C8H9.C3H8.CH4.CH3.Y/c1-2-8-6-4-3-5-7-8;1-3-2;;;/h3-4,6-7H,2H2,1H3;3H2,1-2H3;1H4;1H3;/q-1;;;-1;. The second-order valence-electron chi connectivity index (χ2n) is 2.47. The third-order valence-corrected chi connectivity index (χ3v) is 1.18. The summed E-state index contributed by atoms with van der Waals surface area (Å²) in [5.41, 5.74) is 1.35.